The summed E-state index contributed by atoms with van der Waals surface area (Å²) >= 11 is 5.89. The van der Waals surface area contributed by atoms with Crippen LogP contribution in [0.3, 0.4) is 0 Å². The molecule has 1 rings (SSSR count). The standard InChI is InChI=1S/C16H26ClNO/c1-4-5-6-10-16(2,3)12-18-11-13-8-7-9-14(17)15(13)19/h7-9,18-19H,4-6,10-12H2,1-3H3. The monoisotopic (exact) mass is 283 g/mol. The number of benzene rings is 1. The number of phenols is 1. The molecule has 0 bridgehead atoms. The van der Waals surface area contributed by atoms with Gasteiger partial charge in [0.15, 0.2) is 0 Å². The van der Waals surface area contributed by atoms with E-state index in [1.54, 1.807) is 6.07 Å². The summed E-state index contributed by atoms with van der Waals surface area (Å²) in [4.78, 5) is 0. The van der Waals surface area contributed by atoms with Crippen LogP contribution >= 0.6 is 11.6 Å². The first kappa shape index (κ1) is 16.3. The summed E-state index contributed by atoms with van der Waals surface area (Å²) in [5.41, 5.74) is 1.15. The molecular weight excluding hydrogens is 258 g/mol. The fourth-order valence-corrected chi connectivity index (χ4v) is 2.37. The molecule has 0 aliphatic carbocycles. The van der Waals surface area contributed by atoms with Crippen molar-refractivity contribution in [1.29, 1.82) is 0 Å². The lowest BCUT2D eigenvalue weighted by atomic mass is 9.87. The fraction of sp³-hybridized carbons (Fsp3) is 0.625. The van der Waals surface area contributed by atoms with Crippen LogP contribution < -0.4 is 5.32 Å². The third-order valence-electron chi connectivity index (χ3n) is 3.45. The lowest BCUT2D eigenvalue weighted by Crippen LogP contribution is -2.29. The van der Waals surface area contributed by atoms with E-state index in [1.807, 2.05) is 12.1 Å². The van der Waals surface area contributed by atoms with Gasteiger partial charge in [-0.2, -0.15) is 0 Å². The number of hydrogen-bond acceptors (Lipinski definition) is 2. The van der Waals surface area contributed by atoms with Crippen molar-refractivity contribution in [3.63, 3.8) is 0 Å². The molecule has 0 saturated heterocycles. The van der Waals surface area contributed by atoms with Gasteiger partial charge in [-0.15, -0.1) is 0 Å². The summed E-state index contributed by atoms with van der Waals surface area (Å²) in [5, 5.41) is 13.7. The molecule has 108 valence electrons. The predicted octanol–water partition coefficient (Wildman–Crippen LogP) is 4.74. The molecule has 0 aromatic heterocycles. The summed E-state index contributed by atoms with van der Waals surface area (Å²) < 4.78 is 0. The van der Waals surface area contributed by atoms with Gasteiger partial charge in [0.1, 0.15) is 5.75 Å². The number of aromatic hydroxyl groups is 1. The van der Waals surface area contributed by atoms with Crippen LogP contribution in [0.2, 0.25) is 5.02 Å². The minimum absolute atomic E-state index is 0.195. The molecule has 1 aromatic carbocycles. The van der Waals surface area contributed by atoms with Gasteiger partial charge in [0, 0.05) is 18.7 Å². The van der Waals surface area contributed by atoms with Gasteiger partial charge in [0.25, 0.3) is 0 Å². The van der Waals surface area contributed by atoms with Crippen LogP contribution in [-0.4, -0.2) is 11.7 Å². The van der Waals surface area contributed by atoms with Crippen molar-refractivity contribution >= 4 is 11.6 Å². The van der Waals surface area contributed by atoms with Crippen molar-refractivity contribution < 1.29 is 5.11 Å². The molecule has 0 unspecified atom stereocenters. The summed E-state index contributed by atoms with van der Waals surface area (Å²) in [5.74, 6) is 0.195. The molecule has 1 aromatic rings. The molecule has 0 spiro atoms. The third kappa shape index (κ3) is 5.84. The zero-order valence-corrected chi connectivity index (χ0v) is 13.1. The number of halogens is 1. The zero-order chi connectivity index (χ0) is 14.3. The number of para-hydroxylation sites is 1. The third-order valence-corrected chi connectivity index (χ3v) is 3.75. The second-order valence-corrected chi connectivity index (χ2v) is 6.38. The Kier molecular flexibility index (Phi) is 6.67. The SMILES string of the molecule is CCCCCC(C)(C)CNCc1cccc(Cl)c1O. The van der Waals surface area contributed by atoms with Gasteiger partial charge in [-0.3, -0.25) is 0 Å². The van der Waals surface area contributed by atoms with Crippen LogP contribution in [-0.2, 0) is 6.54 Å². The molecule has 0 aliphatic heterocycles. The maximum atomic E-state index is 9.83. The topological polar surface area (TPSA) is 32.3 Å². The van der Waals surface area contributed by atoms with Crippen molar-refractivity contribution in [2.45, 2.75) is 53.0 Å². The number of hydrogen-bond donors (Lipinski definition) is 2. The fourth-order valence-electron chi connectivity index (χ4n) is 2.18. The largest absolute Gasteiger partial charge is 0.506 e. The zero-order valence-electron chi connectivity index (χ0n) is 12.3. The maximum Gasteiger partial charge on any atom is 0.138 e. The molecule has 0 aliphatic rings. The minimum Gasteiger partial charge on any atom is -0.506 e. The van der Waals surface area contributed by atoms with E-state index < -0.39 is 0 Å². The van der Waals surface area contributed by atoms with Crippen molar-refractivity contribution in [1.82, 2.24) is 5.32 Å². The lowest BCUT2D eigenvalue weighted by Gasteiger charge is -2.25. The number of phenolic OH excluding ortho intramolecular Hbond substituents is 1. The highest BCUT2D eigenvalue weighted by Crippen LogP contribution is 2.27. The summed E-state index contributed by atoms with van der Waals surface area (Å²) in [7, 11) is 0. The van der Waals surface area contributed by atoms with Gasteiger partial charge in [-0.1, -0.05) is 63.8 Å². The van der Waals surface area contributed by atoms with Gasteiger partial charge in [-0.25, -0.2) is 0 Å². The van der Waals surface area contributed by atoms with E-state index in [1.165, 1.54) is 25.7 Å². The van der Waals surface area contributed by atoms with Crippen LogP contribution in [0.15, 0.2) is 18.2 Å². The Morgan fingerprint density at radius 1 is 1.26 bits per heavy atom. The highest BCUT2D eigenvalue weighted by molar-refractivity contribution is 6.32. The second kappa shape index (κ2) is 7.76. The quantitative estimate of drug-likeness (QED) is 0.675. The average Bonchev–Trinajstić information content (AvgIpc) is 2.34. The molecule has 19 heavy (non-hydrogen) atoms. The predicted molar refractivity (Wildman–Crippen MR) is 82.7 cm³/mol. The van der Waals surface area contributed by atoms with Gasteiger partial charge < -0.3 is 10.4 Å². The number of unbranched alkanes of at least 4 members (excludes halogenated alkanes) is 2. The Morgan fingerprint density at radius 2 is 2.00 bits per heavy atom. The molecule has 0 amide bonds. The first-order valence-corrected chi connectivity index (χ1v) is 7.51. The molecule has 3 heteroatoms. The molecule has 0 radical (unpaired) electrons. The summed E-state index contributed by atoms with van der Waals surface area (Å²) in [6, 6.07) is 5.47. The summed E-state index contributed by atoms with van der Waals surface area (Å²) in [6.45, 7) is 8.40. The van der Waals surface area contributed by atoms with E-state index in [4.69, 9.17) is 11.6 Å². The van der Waals surface area contributed by atoms with Crippen LogP contribution in [0.4, 0.5) is 0 Å². The first-order chi connectivity index (χ1) is 8.96. The van der Waals surface area contributed by atoms with Crippen molar-refractivity contribution in [2.24, 2.45) is 5.41 Å². The Balaban J connectivity index is 2.38. The maximum absolute atomic E-state index is 9.83. The van der Waals surface area contributed by atoms with Crippen molar-refractivity contribution in [2.75, 3.05) is 6.54 Å². The molecule has 0 saturated carbocycles. The van der Waals surface area contributed by atoms with Crippen molar-refractivity contribution in [3.05, 3.63) is 28.8 Å². The molecule has 0 heterocycles. The average molecular weight is 284 g/mol. The number of rotatable bonds is 8. The molecular formula is C16H26ClNO. The Bertz CT molecular complexity index is 390. The minimum atomic E-state index is 0.195. The van der Waals surface area contributed by atoms with Crippen molar-refractivity contribution in [3.8, 4) is 5.75 Å². The van der Waals surface area contributed by atoms with E-state index in [9.17, 15) is 5.11 Å². The van der Waals surface area contributed by atoms with Gasteiger partial charge in [0.05, 0.1) is 5.02 Å². The highest BCUT2D eigenvalue weighted by atomic mass is 35.5. The Hall–Kier alpha value is -0.730. The van der Waals surface area contributed by atoms with E-state index in [-0.39, 0.29) is 5.75 Å². The van der Waals surface area contributed by atoms with E-state index in [0.29, 0.717) is 17.0 Å². The van der Waals surface area contributed by atoms with Crippen LogP contribution in [0.25, 0.3) is 0 Å². The highest BCUT2D eigenvalue weighted by Gasteiger charge is 2.16. The number of nitrogens with one attached hydrogen (secondary N) is 1. The molecule has 0 atom stereocenters. The van der Waals surface area contributed by atoms with E-state index in [2.05, 4.69) is 26.1 Å². The van der Waals surface area contributed by atoms with Crippen LogP contribution in [0, 0.1) is 5.41 Å². The van der Waals surface area contributed by atoms with Gasteiger partial charge in [0.2, 0.25) is 0 Å². The smallest absolute Gasteiger partial charge is 0.138 e. The summed E-state index contributed by atoms with van der Waals surface area (Å²) in [6.07, 6.45) is 5.08. The van der Waals surface area contributed by atoms with Crippen LogP contribution in [0.1, 0.15) is 52.0 Å². The Morgan fingerprint density at radius 3 is 2.68 bits per heavy atom. The molecule has 0 fully saturated rings. The normalized spacial score (nSPS) is 11.8. The van der Waals surface area contributed by atoms with Gasteiger partial charge >= 0.3 is 0 Å². The van der Waals surface area contributed by atoms with Gasteiger partial charge in [-0.05, 0) is 17.9 Å². The Labute approximate surface area is 122 Å². The second-order valence-electron chi connectivity index (χ2n) is 5.97. The van der Waals surface area contributed by atoms with E-state index >= 15 is 0 Å². The first-order valence-electron chi connectivity index (χ1n) is 7.13. The molecule has 2 N–H and O–H groups in total. The molecule has 2 nitrogen and oxygen atoms in total. The van der Waals surface area contributed by atoms with E-state index in [0.717, 1.165) is 12.1 Å². The van der Waals surface area contributed by atoms with Crippen LogP contribution in [0.5, 0.6) is 5.75 Å². The lowest BCUT2D eigenvalue weighted by molar-refractivity contribution is 0.301.